The van der Waals surface area contributed by atoms with Gasteiger partial charge in [0.1, 0.15) is 11.6 Å². The van der Waals surface area contributed by atoms with Crippen molar-refractivity contribution in [3.05, 3.63) is 47.2 Å². The zero-order valence-electron chi connectivity index (χ0n) is 10.3. The number of hydrogen-bond donors (Lipinski definition) is 1. The fourth-order valence-electron chi connectivity index (χ4n) is 1.69. The summed E-state index contributed by atoms with van der Waals surface area (Å²) in [5.41, 5.74) is 7.28. The molecule has 5 heteroatoms. The molecule has 0 aliphatic heterocycles. The smallest absolute Gasteiger partial charge is 0.216 e. The van der Waals surface area contributed by atoms with Crippen LogP contribution in [-0.4, -0.2) is 17.1 Å². The quantitative estimate of drug-likeness (QED) is 0.844. The van der Waals surface area contributed by atoms with Crippen LogP contribution in [0.15, 0.2) is 24.3 Å². The lowest BCUT2D eigenvalue weighted by Crippen LogP contribution is -2.04. The van der Waals surface area contributed by atoms with Crippen molar-refractivity contribution in [1.29, 1.82) is 0 Å². The molecule has 0 saturated heterocycles. The lowest BCUT2D eigenvalue weighted by Gasteiger charge is -2.07. The predicted molar refractivity (Wildman–Crippen MR) is 66.9 cm³/mol. The van der Waals surface area contributed by atoms with Gasteiger partial charge in [-0.25, -0.2) is 9.37 Å². The Balaban J connectivity index is 2.34. The Kier molecular flexibility index (Phi) is 3.41. The van der Waals surface area contributed by atoms with E-state index < -0.39 is 5.82 Å². The molecule has 0 fully saturated rings. The van der Waals surface area contributed by atoms with Gasteiger partial charge in [0.2, 0.25) is 5.88 Å². The summed E-state index contributed by atoms with van der Waals surface area (Å²) in [4.78, 5) is 8.49. The third kappa shape index (κ3) is 2.56. The molecule has 1 heterocycles. The highest BCUT2D eigenvalue weighted by molar-refractivity contribution is 5.49. The maximum atomic E-state index is 13.3. The molecule has 4 nitrogen and oxygen atoms in total. The molecule has 0 radical (unpaired) electrons. The number of nitrogens with zero attached hydrogens (tertiary/aromatic N) is 2. The molecule has 2 aromatic rings. The fourth-order valence-corrected chi connectivity index (χ4v) is 1.69. The molecule has 0 saturated carbocycles. The molecule has 1 aromatic carbocycles. The average Bonchev–Trinajstić information content (AvgIpc) is 2.34. The van der Waals surface area contributed by atoms with Crippen LogP contribution in [0, 0.1) is 12.7 Å². The largest absolute Gasteiger partial charge is 0.481 e. The molecular formula is C13H14FN3O. The van der Waals surface area contributed by atoms with Crippen molar-refractivity contribution in [2.75, 3.05) is 12.8 Å². The van der Waals surface area contributed by atoms with E-state index in [9.17, 15) is 4.39 Å². The topological polar surface area (TPSA) is 61.0 Å². The summed E-state index contributed by atoms with van der Waals surface area (Å²) in [5.74, 6) is 0.628. The third-order valence-electron chi connectivity index (χ3n) is 2.58. The third-order valence-corrected chi connectivity index (χ3v) is 2.58. The van der Waals surface area contributed by atoms with Gasteiger partial charge in [-0.05, 0) is 18.6 Å². The zero-order chi connectivity index (χ0) is 13.1. The lowest BCUT2D eigenvalue weighted by molar-refractivity contribution is 0.394. The molecule has 0 bridgehead atoms. The Hall–Kier alpha value is -2.17. The van der Waals surface area contributed by atoms with E-state index in [1.165, 1.54) is 6.07 Å². The minimum absolute atomic E-state index is 0.140. The molecule has 0 unspecified atom stereocenters. The normalized spacial score (nSPS) is 10.4. The molecule has 1 aromatic heterocycles. The Bertz CT molecular complexity index is 572. The van der Waals surface area contributed by atoms with Crippen molar-refractivity contribution < 1.29 is 9.13 Å². The van der Waals surface area contributed by atoms with Gasteiger partial charge in [0.05, 0.1) is 12.8 Å². The molecular weight excluding hydrogens is 233 g/mol. The molecule has 2 rings (SSSR count). The van der Waals surface area contributed by atoms with Gasteiger partial charge in [-0.15, -0.1) is 0 Å². The van der Waals surface area contributed by atoms with E-state index in [4.69, 9.17) is 10.5 Å². The van der Waals surface area contributed by atoms with Crippen LogP contribution in [-0.2, 0) is 6.42 Å². The number of nitrogens with two attached hydrogens (primary N) is 1. The molecule has 0 amide bonds. The van der Waals surface area contributed by atoms with Crippen molar-refractivity contribution in [3.8, 4) is 5.88 Å². The van der Waals surface area contributed by atoms with Crippen LogP contribution in [0.3, 0.4) is 0 Å². The van der Waals surface area contributed by atoms with E-state index >= 15 is 0 Å². The summed E-state index contributed by atoms with van der Waals surface area (Å²) in [5, 5.41) is 0. The van der Waals surface area contributed by atoms with Crippen molar-refractivity contribution >= 4 is 5.69 Å². The van der Waals surface area contributed by atoms with Crippen LogP contribution < -0.4 is 10.5 Å². The lowest BCUT2D eigenvalue weighted by atomic mass is 10.1. The van der Waals surface area contributed by atoms with Crippen LogP contribution >= 0.6 is 0 Å². The van der Waals surface area contributed by atoms with Crippen LogP contribution in [0.4, 0.5) is 10.1 Å². The molecule has 94 valence electrons. The molecule has 18 heavy (non-hydrogen) atoms. The summed E-state index contributed by atoms with van der Waals surface area (Å²) in [6.07, 6.45) is 0.377. The first-order chi connectivity index (χ1) is 8.60. The van der Waals surface area contributed by atoms with Crippen LogP contribution in [0.25, 0.3) is 0 Å². The molecule has 2 N–H and O–H groups in total. The second-order valence-electron chi connectivity index (χ2n) is 3.96. The number of hydrogen-bond acceptors (Lipinski definition) is 4. The summed E-state index contributed by atoms with van der Waals surface area (Å²) < 4.78 is 18.4. The maximum absolute atomic E-state index is 13.3. The highest BCUT2D eigenvalue weighted by atomic mass is 19.1. The molecule has 0 aliphatic carbocycles. The monoisotopic (exact) mass is 247 g/mol. The Morgan fingerprint density at radius 2 is 2.11 bits per heavy atom. The predicted octanol–water partition coefficient (Wildman–Crippen LogP) is 2.11. The van der Waals surface area contributed by atoms with E-state index in [0.717, 1.165) is 5.69 Å². The highest BCUT2D eigenvalue weighted by Gasteiger charge is 2.08. The van der Waals surface area contributed by atoms with Crippen molar-refractivity contribution in [3.63, 3.8) is 0 Å². The van der Waals surface area contributed by atoms with Crippen LogP contribution in [0.5, 0.6) is 5.88 Å². The number of para-hydroxylation sites is 1. The van der Waals surface area contributed by atoms with Gasteiger partial charge in [0.15, 0.2) is 0 Å². The summed E-state index contributed by atoms with van der Waals surface area (Å²) in [6, 6.07) is 6.44. The van der Waals surface area contributed by atoms with Gasteiger partial charge in [0, 0.05) is 18.2 Å². The standard InChI is InChI=1S/C13H14FN3O/c1-8-6-12(18-2)17-11(16-8)7-9-4-3-5-10(14)13(9)15/h3-6H,7,15H2,1-2H3. The summed E-state index contributed by atoms with van der Waals surface area (Å²) >= 11 is 0. The van der Waals surface area contributed by atoms with Crippen molar-refractivity contribution in [2.24, 2.45) is 0 Å². The van der Waals surface area contributed by atoms with E-state index in [2.05, 4.69) is 9.97 Å². The number of benzene rings is 1. The first kappa shape index (κ1) is 12.3. The number of methoxy groups -OCH3 is 1. The van der Waals surface area contributed by atoms with E-state index in [0.29, 0.717) is 23.7 Å². The number of aromatic nitrogens is 2. The zero-order valence-corrected chi connectivity index (χ0v) is 10.3. The molecule has 0 atom stereocenters. The van der Waals surface area contributed by atoms with Gasteiger partial charge in [-0.1, -0.05) is 12.1 Å². The second kappa shape index (κ2) is 5.00. The fraction of sp³-hybridized carbons (Fsp3) is 0.231. The number of ether oxygens (including phenoxy) is 1. The van der Waals surface area contributed by atoms with Gasteiger partial charge in [-0.2, -0.15) is 4.98 Å². The number of anilines is 1. The van der Waals surface area contributed by atoms with Gasteiger partial charge >= 0.3 is 0 Å². The summed E-state index contributed by atoms with van der Waals surface area (Å²) in [7, 11) is 1.54. The second-order valence-corrected chi connectivity index (χ2v) is 3.96. The minimum atomic E-state index is -0.424. The van der Waals surface area contributed by atoms with Crippen LogP contribution in [0.1, 0.15) is 17.1 Å². The minimum Gasteiger partial charge on any atom is -0.481 e. The summed E-state index contributed by atoms with van der Waals surface area (Å²) in [6.45, 7) is 1.85. The van der Waals surface area contributed by atoms with Crippen molar-refractivity contribution in [2.45, 2.75) is 13.3 Å². The highest BCUT2D eigenvalue weighted by Crippen LogP contribution is 2.19. The first-order valence-corrected chi connectivity index (χ1v) is 5.51. The molecule has 0 spiro atoms. The van der Waals surface area contributed by atoms with Gasteiger partial charge in [-0.3, -0.25) is 0 Å². The number of nitrogen functional groups attached to an aromatic ring is 1. The Morgan fingerprint density at radius 3 is 2.83 bits per heavy atom. The van der Waals surface area contributed by atoms with E-state index in [1.54, 1.807) is 25.3 Å². The number of aryl methyl sites for hydroxylation is 1. The Morgan fingerprint density at radius 1 is 1.33 bits per heavy atom. The average molecular weight is 247 g/mol. The SMILES string of the molecule is COc1cc(C)nc(Cc2cccc(F)c2N)n1. The van der Waals surface area contributed by atoms with Crippen LogP contribution in [0.2, 0.25) is 0 Å². The number of halogens is 1. The molecule has 0 aliphatic rings. The van der Waals surface area contributed by atoms with E-state index in [1.807, 2.05) is 6.92 Å². The number of rotatable bonds is 3. The van der Waals surface area contributed by atoms with E-state index in [-0.39, 0.29) is 5.69 Å². The van der Waals surface area contributed by atoms with Gasteiger partial charge < -0.3 is 10.5 Å². The van der Waals surface area contributed by atoms with Gasteiger partial charge in [0.25, 0.3) is 0 Å². The Labute approximate surface area is 105 Å². The van der Waals surface area contributed by atoms with Crippen molar-refractivity contribution in [1.82, 2.24) is 9.97 Å². The first-order valence-electron chi connectivity index (χ1n) is 5.51. The maximum Gasteiger partial charge on any atom is 0.216 e.